The van der Waals surface area contributed by atoms with Crippen LogP contribution in [0.5, 0.6) is 5.88 Å². The number of hydrogen-bond donors (Lipinski definition) is 1. The number of pyridine rings is 2. The summed E-state index contributed by atoms with van der Waals surface area (Å²) < 4.78 is 33.0. The van der Waals surface area contributed by atoms with Gasteiger partial charge < -0.3 is 9.64 Å². The number of carbonyl (C=O) groups is 1. The number of rotatable bonds is 6. The summed E-state index contributed by atoms with van der Waals surface area (Å²) in [5.41, 5.74) is 1.07. The maximum absolute atomic E-state index is 13.3. The number of ether oxygens (including phenoxy) is 1. The molecule has 1 aromatic carbocycles. The van der Waals surface area contributed by atoms with Gasteiger partial charge in [-0.25, -0.2) is 23.1 Å². The first-order valence-corrected chi connectivity index (χ1v) is 12.5. The van der Waals surface area contributed by atoms with Gasteiger partial charge in [0, 0.05) is 18.2 Å². The molecule has 0 aliphatic carbocycles. The fraction of sp³-hybridized carbons (Fsp3) is 0.320. The Morgan fingerprint density at radius 2 is 1.74 bits per heavy atom. The van der Waals surface area contributed by atoms with Crippen molar-refractivity contribution >= 4 is 21.7 Å². The van der Waals surface area contributed by atoms with Gasteiger partial charge in [-0.15, -0.1) is 0 Å². The molecule has 1 amide bonds. The van der Waals surface area contributed by atoms with Crippen LogP contribution in [-0.4, -0.2) is 43.5 Å². The second-order valence-corrected chi connectivity index (χ2v) is 10.6. The summed E-state index contributed by atoms with van der Waals surface area (Å²) in [6.45, 7) is 7.06. The third-order valence-corrected chi connectivity index (χ3v) is 7.89. The van der Waals surface area contributed by atoms with Gasteiger partial charge in [0.1, 0.15) is 5.82 Å². The van der Waals surface area contributed by atoms with Gasteiger partial charge in [0.25, 0.3) is 15.9 Å². The SMILES string of the molecule is COc1cccc(-c2ccc(C(=O)NS(=O)(=O)c3ccccc3)c(N3CCC(C)C3(C)C)n2)n1. The van der Waals surface area contributed by atoms with Crippen molar-refractivity contribution in [2.75, 3.05) is 18.6 Å². The van der Waals surface area contributed by atoms with Gasteiger partial charge in [0.15, 0.2) is 0 Å². The van der Waals surface area contributed by atoms with Gasteiger partial charge in [-0.1, -0.05) is 31.2 Å². The maximum Gasteiger partial charge on any atom is 0.268 e. The monoisotopic (exact) mass is 480 g/mol. The van der Waals surface area contributed by atoms with Crippen LogP contribution < -0.4 is 14.4 Å². The molecule has 8 nitrogen and oxygen atoms in total. The first-order chi connectivity index (χ1) is 16.1. The lowest BCUT2D eigenvalue weighted by Gasteiger charge is -2.36. The maximum atomic E-state index is 13.3. The van der Waals surface area contributed by atoms with Crippen molar-refractivity contribution in [1.82, 2.24) is 14.7 Å². The number of nitrogens with zero attached hydrogens (tertiary/aromatic N) is 3. The average Bonchev–Trinajstić information content (AvgIpc) is 3.10. The van der Waals surface area contributed by atoms with Gasteiger partial charge in [0.2, 0.25) is 5.88 Å². The number of sulfonamides is 1. The molecule has 0 radical (unpaired) electrons. The first-order valence-electron chi connectivity index (χ1n) is 11.1. The zero-order valence-electron chi connectivity index (χ0n) is 19.6. The predicted octanol–water partition coefficient (Wildman–Crippen LogP) is 3.90. The van der Waals surface area contributed by atoms with E-state index in [0.29, 0.717) is 35.5 Å². The summed E-state index contributed by atoms with van der Waals surface area (Å²) in [4.78, 5) is 24.6. The van der Waals surface area contributed by atoms with E-state index in [4.69, 9.17) is 9.72 Å². The van der Waals surface area contributed by atoms with Gasteiger partial charge in [-0.2, -0.15) is 0 Å². The third-order valence-electron chi connectivity index (χ3n) is 6.54. The minimum Gasteiger partial charge on any atom is -0.481 e. The number of amides is 1. The molecule has 0 saturated carbocycles. The van der Waals surface area contributed by atoms with E-state index in [1.807, 2.05) is 12.1 Å². The van der Waals surface area contributed by atoms with E-state index >= 15 is 0 Å². The molecule has 2 aromatic heterocycles. The number of anilines is 1. The molecular formula is C25H28N4O4S. The lowest BCUT2D eigenvalue weighted by molar-refractivity contribution is 0.0981. The summed E-state index contributed by atoms with van der Waals surface area (Å²) in [6.07, 6.45) is 0.930. The van der Waals surface area contributed by atoms with Crippen LogP contribution in [0.3, 0.4) is 0 Å². The smallest absolute Gasteiger partial charge is 0.268 e. The van der Waals surface area contributed by atoms with E-state index in [1.54, 1.807) is 43.5 Å². The summed E-state index contributed by atoms with van der Waals surface area (Å²) in [7, 11) is -2.49. The van der Waals surface area contributed by atoms with Gasteiger partial charge in [-0.05, 0) is 56.5 Å². The Balaban J connectivity index is 1.78. The van der Waals surface area contributed by atoms with Gasteiger partial charge >= 0.3 is 0 Å². The molecule has 1 aliphatic heterocycles. The highest BCUT2D eigenvalue weighted by atomic mass is 32.2. The Morgan fingerprint density at radius 3 is 2.38 bits per heavy atom. The molecule has 1 saturated heterocycles. The minimum atomic E-state index is -4.03. The zero-order chi connectivity index (χ0) is 24.5. The highest BCUT2D eigenvalue weighted by Crippen LogP contribution is 2.39. The van der Waals surface area contributed by atoms with Crippen LogP contribution in [0.25, 0.3) is 11.4 Å². The van der Waals surface area contributed by atoms with Crippen LogP contribution in [0.2, 0.25) is 0 Å². The van der Waals surface area contributed by atoms with E-state index in [9.17, 15) is 13.2 Å². The summed E-state index contributed by atoms with van der Waals surface area (Å²) in [6, 6.07) is 16.5. The quantitative estimate of drug-likeness (QED) is 0.571. The fourth-order valence-electron chi connectivity index (χ4n) is 4.09. The van der Waals surface area contributed by atoms with E-state index < -0.39 is 15.9 Å². The molecule has 34 heavy (non-hydrogen) atoms. The molecule has 1 unspecified atom stereocenters. The third kappa shape index (κ3) is 4.48. The van der Waals surface area contributed by atoms with Crippen molar-refractivity contribution in [1.29, 1.82) is 0 Å². The highest BCUT2D eigenvalue weighted by Gasteiger charge is 2.41. The Morgan fingerprint density at radius 1 is 1.03 bits per heavy atom. The Hall–Kier alpha value is -3.46. The summed E-state index contributed by atoms with van der Waals surface area (Å²) >= 11 is 0. The molecule has 9 heteroatoms. The molecule has 1 atom stereocenters. The van der Waals surface area contributed by atoms with E-state index in [1.165, 1.54) is 12.1 Å². The number of methoxy groups -OCH3 is 1. The molecule has 178 valence electrons. The van der Waals surface area contributed by atoms with E-state index in [2.05, 4.69) is 35.4 Å². The van der Waals surface area contributed by atoms with Gasteiger partial charge in [-0.3, -0.25) is 4.79 Å². The second-order valence-electron chi connectivity index (χ2n) is 8.88. The topological polar surface area (TPSA) is 101 Å². The number of benzene rings is 1. The molecular weight excluding hydrogens is 452 g/mol. The van der Waals surface area contributed by atoms with Crippen LogP contribution in [0.4, 0.5) is 5.82 Å². The number of nitrogens with one attached hydrogen (secondary N) is 1. The van der Waals surface area contributed by atoms with Crippen molar-refractivity contribution in [3.63, 3.8) is 0 Å². The van der Waals surface area contributed by atoms with Crippen molar-refractivity contribution < 1.29 is 17.9 Å². The van der Waals surface area contributed by atoms with Crippen LogP contribution >= 0.6 is 0 Å². The Labute approximate surface area is 200 Å². The Bertz CT molecular complexity index is 1310. The number of aromatic nitrogens is 2. The fourth-order valence-corrected chi connectivity index (χ4v) is 5.08. The normalized spacial score (nSPS) is 17.4. The molecule has 4 rings (SSSR count). The molecule has 1 aliphatic rings. The van der Waals surface area contributed by atoms with E-state index in [-0.39, 0.29) is 16.0 Å². The van der Waals surface area contributed by atoms with Crippen molar-refractivity contribution in [2.45, 2.75) is 37.6 Å². The van der Waals surface area contributed by atoms with Gasteiger partial charge in [0.05, 0.1) is 29.0 Å². The van der Waals surface area contributed by atoms with Crippen LogP contribution in [0.15, 0.2) is 65.6 Å². The highest BCUT2D eigenvalue weighted by molar-refractivity contribution is 7.90. The summed E-state index contributed by atoms with van der Waals surface area (Å²) in [5.74, 6) is 0.507. The number of hydrogen-bond acceptors (Lipinski definition) is 7. The lowest BCUT2D eigenvalue weighted by Crippen LogP contribution is -2.43. The number of carbonyl (C=O) groups excluding carboxylic acids is 1. The standard InChI is InChI=1S/C25H28N4O4S/c1-17-15-16-29(25(17,2)3)23-19(24(30)28-34(31,32)18-9-6-5-7-10-18)13-14-21(27-23)20-11-8-12-22(26-20)33-4/h5-14,17H,15-16H2,1-4H3,(H,28,30). The van der Waals surface area contributed by atoms with E-state index in [0.717, 1.165) is 6.42 Å². The molecule has 1 N–H and O–H groups in total. The average molecular weight is 481 g/mol. The lowest BCUT2D eigenvalue weighted by atomic mass is 9.90. The molecule has 3 aromatic rings. The second kappa shape index (κ2) is 9.06. The summed E-state index contributed by atoms with van der Waals surface area (Å²) in [5, 5.41) is 0. The molecule has 1 fully saturated rings. The van der Waals surface area contributed by atoms with Crippen molar-refractivity contribution in [3.05, 3.63) is 66.2 Å². The Kier molecular flexibility index (Phi) is 6.31. The van der Waals surface area contributed by atoms with Crippen molar-refractivity contribution in [2.24, 2.45) is 5.92 Å². The molecule has 0 spiro atoms. The largest absolute Gasteiger partial charge is 0.481 e. The molecule has 3 heterocycles. The molecule has 0 bridgehead atoms. The zero-order valence-corrected chi connectivity index (χ0v) is 20.5. The van der Waals surface area contributed by atoms with Crippen LogP contribution in [0, 0.1) is 5.92 Å². The van der Waals surface area contributed by atoms with Crippen LogP contribution in [-0.2, 0) is 10.0 Å². The van der Waals surface area contributed by atoms with Crippen molar-refractivity contribution in [3.8, 4) is 17.3 Å². The minimum absolute atomic E-state index is 0.0187. The predicted molar refractivity (Wildman–Crippen MR) is 130 cm³/mol. The van der Waals surface area contributed by atoms with Crippen LogP contribution in [0.1, 0.15) is 37.6 Å². The first kappa shape index (κ1) is 23.7.